The minimum absolute atomic E-state index is 0.0399. The number of carbonyl (C=O) groups is 2. The van der Waals surface area contributed by atoms with E-state index >= 15 is 0 Å². The van der Waals surface area contributed by atoms with Crippen molar-refractivity contribution in [2.75, 3.05) is 51.6 Å². The average Bonchev–Trinajstić information content (AvgIpc) is 2.92. The van der Waals surface area contributed by atoms with E-state index < -0.39 is 17.6 Å². The van der Waals surface area contributed by atoms with Crippen LogP contribution in [0, 0.1) is 0 Å². The summed E-state index contributed by atoms with van der Waals surface area (Å²) in [6.45, 7) is 3.53. The maximum atomic E-state index is 13.7. The van der Waals surface area contributed by atoms with E-state index in [1.54, 1.807) is 47.2 Å². The summed E-state index contributed by atoms with van der Waals surface area (Å²) in [4.78, 5) is 29.8. The summed E-state index contributed by atoms with van der Waals surface area (Å²) < 4.78 is 41.0. The number of hydrogen-bond donors (Lipinski definition) is 4. The van der Waals surface area contributed by atoms with Crippen LogP contribution in [-0.2, 0) is 17.5 Å². The van der Waals surface area contributed by atoms with Crippen LogP contribution < -0.4 is 21.4 Å². The zero-order valence-corrected chi connectivity index (χ0v) is 22.5. The second-order valence-corrected chi connectivity index (χ2v) is 10.1. The van der Waals surface area contributed by atoms with Gasteiger partial charge in [-0.05, 0) is 48.0 Å². The molecular formula is C27H29ClF3N7O2. The molecule has 0 bridgehead atoms. The van der Waals surface area contributed by atoms with E-state index in [9.17, 15) is 22.8 Å². The van der Waals surface area contributed by atoms with E-state index in [0.717, 1.165) is 19.2 Å². The number of nitrogens with one attached hydrogen (secondary N) is 4. The molecule has 40 heavy (non-hydrogen) atoms. The zero-order chi connectivity index (χ0) is 28.4. The number of piperazine rings is 1. The first-order chi connectivity index (χ1) is 19.1. The van der Waals surface area contributed by atoms with Crippen molar-refractivity contribution >= 4 is 29.1 Å². The van der Waals surface area contributed by atoms with Gasteiger partial charge in [-0.15, -0.1) is 0 Å². The van der Waals surface area contributed by atoms with Gasteiger partial charge in [0, 0.05) is 69.1 Å². The van der Waals surface area contributed by atoms with Crippen molar-refractivity contribution < 1.29 is 22.8 Å². The number of hydrazine groups is 1. The largest absolute Gasteiger partial charge is 0.416 e. The quantitative estimate of drug-likeness (QED) is 0.436. The lowest BCUT2D eigenvalue weighted by molar-refractivity contribution is -0.138. The normalized spacial score (nSPS) is 17.5. The SMILES string of the molecule is CN1NC2=C(C=C1C(=O)Nc1cccc(C(=O)N3CCNCC3)c1)N(Cc1cc(Cl)ccc1C(F)(F)F)CCN2. The van der Waals surface area contributed by atoms with E-state index in [1.807, 2.05) is 0 Å². The number of alkyl halides is 3. The fourth-order valence-electron chi connectivity index (χ4n) is 4.93. The number of hydrogen-bond acceptors (Lipinski definition) is 7. The van der Waals surface area contributed by atoms with Gasteiger partial charge < -0.3 is 25.8 Å². The van der Waals surface area contributed by atoms with Gasteiger partial charge in [-0.3, -0.25) is 20.0 Å². The molecule has 0 unspecified atom stereocenters. The van der Waals surface area contributed by atoms with Gasteiger partial charge in [0.15, 0.2) is 0 Å². The molecule has 3 aliphatic rings. The smallest absolute Gasteiger partial charge is 0.367 e. The maximum Gasteiger partial charge on any atom is 0.416 e. The van der Waals surface area contributed by atoms with E-state index in [4.69, 9.17) is 11.6 Å². The van der Waals surface area contributed by atoms with Crippen molar-refractivity contribution in [1.29, 1.82) is 0 Å². The second-order valence-electron chi connectivity index (χ2n) is 9.69. The summed E-state index contributed by atoms with van der Waals surface area (Å²) in [5.41, 5.74) is 4.09. The Morgan fingerprint density at radius 3 is 2.58 bits per heavy atom. The van der Waals surface area contributed by atoms with Crippen LogP contribution in [0.5, 0.6) is 0 Å². The molecule has 0 spiro atoms. The molecule has 0 radical (unpaired) electrons. The molecule has 0 aromatic heterocycles. The summed E-state index contributed by atoms with van der Waals surface area (Å²) in [6, 6.07) is 10.3. The Labute approximate surface area is 234 Å². The number of likely N-dealkylation sites (N-methyl/N-ethyl adjacent to an activating group) is 1. The highest BCUT2D eigenvalue weighted by atomic mass is 35.5. The average molecular weight is 576 g/mol. The van der Waals surface area contributed by atoms with E-state index in [0.29, 0.717) is 48.9 Å². The molecule has 3 heterocycles. The van der Waals surface area contributed by atoms with Gasteiger partial charge in [-0.25, -0.2) is 0 Å². The predicted molar refractivity (Wildman–Crippen MR) is 145 cm³/mol. The third-order valence-corrected chi connectivity index (χ3v) is 7.17. The minimum atomic E-state index is -4.53. The van der Waals surface area contributed by atoms with Gasteiger partial charge in [-0.2, -0.15) is 13.2 Å². The molecule has 4 N–H and O–H groups in total. The number of benzene rings is 2. The standard InChI is InChI=1S/C27H29ClF3N7O2/c1-36-23(25(39)34-20-4-2-3-17(14-20)26(40)37-10-7-32-8-11-37)15-22-24(35-36)33-9-12-38(22)16-18-13-19(28)5-6-21(18)27(29,30)31/h2-6,13-15,32-33,35H,7-12,16H2,1H3,(H,34,39). The molecule has 13 heteroatoms. The third kappa shape index (κ3) is 5.97. The number of carbonyl (C=O) groups excluding carboxylic acids is 2. The van der Waals surface area contributed by atoms with Crippen molar-refractivity contribution in [1.82, 2.24) is 30.9 Å². The van der Waals surface area contributed by atoms with Gasteiger partial charge in [0.2, 0.25) is 0 Å². The van der Waals surface area contributed by atoms with Gasteiger partial charge in [0.25, 0.3) is 11.8 Å². The fourth-order valence-corrected chi connectivity index (χ4v) is 5.13. The van der Waals surface area contributed by atoms with Gasteiger partial charge in [-0.1, -0.05) is 17.7 Å². The van der Waals surface area contributed by atoms with Crippen molar-refractivity contribution in [2.24, 2.45) is 0 Å². The van der Waals surface area contributed by atoms with Crippen molar-refractivity contribution in [3.63, 3.8) is 0 Å². The summed E-state index contributed by atoms with van der Waals surface area (Å²) in [5.74, 6) is 0.0216. The molecular weight excluding hydrogens is 547 g/mol. The lowest BCUT2D eigenvalue weighted by Crippen LogP contribution is -2.51. The van der Waals surface area contributed by atoms with Crippen LogP contribution in [0.3, 0.4) is 0 Å². The summed E-state index contributed by atoms with van der Waals surface area (Å²) in [5, 5.41) is 11.0. The topological polar surface area (TPSA) is 92.0 Å². The highest BCUT2D eigenvalue weighted by molar-refractivity contribution is 6.30. The maximum absolute atomic E-state index is 13.7. The Hall–Kier alpha value is -3.90. The van der Waals surface area contributed by atoms with Crippen LogP contribution in [0.4, 0.5) is 18.9 Å². The van der Waals surface area contributed by atoms with Crippen LogP contribution >= 0.6 is 11.6 Å². The lowest BCUT2D eigenvalue weighted by atomic mass is 10.1. The predicted octanol–water partition coefficient (Wildman–Crippen LogP) is 2.95. The lowest BCUT2D eigenvalue weighted by Gasteiger charge is -2.39. The molecule has 2 aromatic rings. The van der Waals surface area contributed by atoms with Crippen molar-refractivity contribution in [2.45, 2.75) is 12.7 Å². The molecule has 212 valence electrons. The number of allylic oxidation sites excluding steroid dienone is 1. The van der Waals surface area contributed by atoms with E-state index in [-0.39, 0.29) is 28.7 Å². The zero-order valence-electron chi connectivity index (χ0n) is 21.7. The summed E-state index contributed by atoms with van der Waals surface area (Å²) in [7, 11) is 1.67. The Kier molecular flexibility index (Phi) is 7.81. The van der Waals surface area contributed by atoms with Crippen LogP contribution in [-0.4, -0.2) is 72.9 Å². The van der Waals surface area contributed by atoms with E-state index in [1.165, 1.54) is 17.1 Å². The highest BCUT2D eigenvalue weighted by Crippen LogP contribution is 2.35. The Bertz CT molecular complexity index is 1370. The Balaban J connectivity index is 1.36. The molecule has 1 saturated heterocycles. The summed E-state index contributed by atoms with van der Waals surface area (Å²) >= 11 is 6.04. The number of anilines is 1. The molecule has 0 saturated carbocycles. The molecule has 5 rings (SSSR count). The molecule has 2 amide bonds. The van der Waals surface area contributed by atoms with Crippen LogP contribution in [0.2, 0.25) is 5.02 Å². The Morgan fingerprint density at radius 2 is 1.82 bits per heavy atom. The molecule has 1 fully saturated rings. The van der Waals surface area contributed by atoms with Crippen LogP contribution in [0.15, 0.2) is 65.8 Å². The fraction of sp³-hybridized carbons (Fsp3) is 0.333. The second kappa shape index (κ2) is 11.3. The van der Waals surface area contributed by atoms with Gasteiger partial charge in [0.1, 0.15) is 11.5 Å². The molecule has 9 nitrogen and oxygen atoms in total. The Morgan fingerprint density at radius 1 is 1.05 bits per heavy atom. The monoisotopic (exact) mass is 575 g/mol. The number of halogens is 4. The van der Waals surface area contributed by atoms with E-state index in [2.05, 4.69) is 21.4 Å². The third-order valence-electron chi connectivity index (χ3n) is 6.93. The van der Waals surface area contributed by atoms with Crippen molar-refractivity contribution in [3.8, 4) is 0 Å². The molecule has 3 aliphatic heterocycles. The molecule has 2 aromatic carbocycles. The number of amides is 2. The first kappa shape index (κ1) is 27.7. The van der Waals surface area contributed by atoms with Crippen LogP contribution in [0.1, 0.15) is 21.5 Å². The first-order valence-corrected chi connectivity index (χ1v) is 13.2. The van der Waals surface area contributed by atoms with Gasteiger partial charge in [0.05, 0.1) is 11.3 Å². The summed E-state index contributed by atoms with van der Waals surface area (Å²) in [6.07, 6.45) is -2.90. The minimum Gasteiger partial charge on any atom is -0.367 e. The highest BCUT2D eigenvalue weighted by Gasteiger charge is 2.35. The molecule has 0 aliphatic carbocycles. The van der Waals surface area contributed by atoms with Crippen molar-refractivity contribution in [3.05, 3.63) is 87.5 Å². The first-order valence-electron chi connectivity index (χ1n) is 12.8. The number of rotatable bonds is 5. The molecule has 0 atom stereocenters. The van der Waals surface area contributed by atoms with Gasteiger partial charge >= 0.3 is 6.18 Å². The number of nitrogens with zero attached hydrogens (tertiary/aromatic N) is 3. The van der Waals surface area contributed by atoms with Crippen LogP contribution in [0.25, 0.3) is 0 Å².